The Bertz CT molecular complexity index is 719. The minimum absolute atomic E-state index is 0.0443. The molecule has 0 radical (unpaired) electrons. The van der Waals surface area contributed by atoms with Gasteiger partial charge in [0.05, 0.1) is 16.3 Å². The molecule has 0 aliphatic carbocycles. The molecule has 0 aromatic heterocycles. The number of halogens is 5. The molecule has 1 amide bonds. The lowest BCUT2D eigenvalue weighted by molar-refractivity contribution is -0.137. The van der Waals surface area contributed by atoms with Crippen LogP contribution >= 0.6 is 11.6 Å². The van der Waals surface area contributed by atoms with Crippen LogP contribution in [0.15, 0.2) is 42.5 Å². The Morgan fingerprint density at radius 3 is 2.57 bits per heavy atom. The smallest absolute Gasteiger partial charge is 0.416 e. The van der Waals surface area contributed by atoms with E-state index in [9.17, 15) is 22.4 Å². The molecule has 0 aliphatic rings. The molecule has 0 saturated heterocycles. The Morgan fingerprint density at radius 1 is 1.17 bits per heavy atom. The van der Waals surface area contributed by atoms with Crippen LogP contribution in [-0.2, 0) is 11.0 Å². The van der Waals surface area contributed by atoms with E-state index in [0.717, 1.165) is 24.3 Å². The fraction of sp³-hybridized carbons (Fsp3) is 0.133. The molecule has 2 aromatic rings. The van der Waals surface area contributed by atoms with Gasteiger partial charge in [0.1, 0.15) is 11.6 Å². The van der Waals surface area contributed by atoms with Crippen LogP contribution in [0.3, 0.4) is 0 Å². The zero-order chi connectivity index (χ0) is 17.0. The molecule has 3 nitrogen and oxygen atoms in total. The molecule has 23 heavy (non-hydrogen) atoms. The van der Waals surface area contributed by atoms with Crippen molar-refractivity contribution in [3.8, 4) is 5.75 Å². The van der Waals surface area contributed by atoms with Crippen LogP contribution < -0.4 is 10.1 Å². The summed E-state index contributed by atoms with van der Waals surface area (Å²) < 4.78 is 55.9. The minimum Gasteiger partial charge on any atom is -0.484 e. The molecule has 0 atom stereocenters. The van der Waals surface area contributed by atoms with Crippen molar-refractivity contribution in [2.24, 2.45) is 0 Å². The molecule has 0 aliphatic heterocycles. The van der Waals surface area contributed by atoms with Crippen molar-refractivity contribution < 1.29 is 27.1 Å². The topological polar surface area (TPSA) is 38.3 Å². The monoisotopic (exact) mass is 347 g/mol. The fourth-order valence-corrected chi connectivity index (χ4v) is 1.85. The lowest BCUT2D eigenvalue weighted by Crippen LogP contribution is -2.20. The van der Waals surface area contributed by atoms with Gasteiger partial charge in [-0.15, -0.1) is 0 Å². The van der Waals surface area contributed by atoms with E-state index in [1.807, 2.05) is 0 Å². The van der Waals surface area contributed by atoms with Gasteiger partial charge in [-0.05, 0) is 30.3 Å². The number of carbonyl (C=O) groups is 1. The Morgan fingerprint density at radius 2 is 1.91 bits per heavy atom. The van der Waals surface area contributed by atoms with E-state index >= 15 is 0 Å². The van der Waals surface area contributed by atoms with E-state index in [-0.39, 0.29) is 16.5 Å². The number of ether oxygens (including phenoxy) is 1. The van der Waals surface area contributed by atoms with Crippen molar-refractivity contribution in [2.75, 3.05) is 11.9 Å². The Kier molecular flexibility index (Phi) is 5.10. The summed E-state index contributed by atoms with van der Waals surface area (Å²) in [5.41, 5.74) is -1.13. The van der Waals surface area contributed by atoms with Crippen molar-refractivity contribution in [3.63, 3.8) is 0 Å². The summed E-state index contributed by atoms with van der Waals surface area (Å²) in [6, 6.07) is 7.68. The molecule has 1 N–H and O–H groups in total. The van der Waals surface area contributed by atoms with E-state index in [1.165, 1.54) is 18.2 Å². The third-order valence-corrected chi connectivity index (χ3v) is 3.06. The average molecular weight is 348 g/mol. The van der Waals surface area contributed by atoms with Crippen LogP contribution in [0.1, 0.15) is 5.56 Å². The number of alkyl halides is 3. The van der Waals surface area contributed by atoms with Gasteiger partial charge < -0.3 is 10.1 Å². The second kappa shape index (κ2) is 6.87. The maximum atomic E-state index is 12.9. The first-order chi connectivity index (χ1) is 10.8. The second-order valence-corrected chi connectivity index (χ2v) is 4.89. The van der Waals surface area contributed by atoms with E-state index in [2.05, 4.69) is 5.32 Å². The summed E-state index contributed by atoms with van der Waals surface area (Å²) in [6.45, 7) is -0.504. The zero-order valence-corrected chi connectivity index (χ0v) is 12.2. The highest BCUT2D eigenvalue weighted by Crippen LogP contribution is 2.33. The van der Waals surface area contributed by atoms with Gasteiger partial charge in [0, 0.05) is 6.07 Å². The molecule has 0 fully saturated rings. The number of amides is 1. The molecule has 0 unspecified atom stereocenters. The van der Waals surface area contributed by atoms with Gasteiger partial charge >= 0.3 is 6.18 Å². The van der Waals surface area contributed by atoms with Gasteiger partial charge in [-0.2, -0.15) is 13.2 Å². The number of anilines is 1. The standard InChI is InChI=1S/C15H10ClF4NO2/c16-12-5-4-9(15(18,19)20)6-13(12)21-14(22)8-23-11-3-1-2-10(17)7-11/h1-7H,8H2,(H,21,22). The number of benzene rings is 2. The van der Waals surface area contributed by atoms with Gasteiger partial charge in [0.25, 0.3) is 5.91 Å². The quantitative estimate of drug-likeness (QED) is 0.826. The van der Waals surface area contributed by atoms with Crippen molar-refractivity contribution in [1.82, 2.24) is 0 Å². The van der Waals surface area contributed by atoms with Crippen LogP contribution in [0.25, 0.3) is 0 Å². The van der Waals surface area contributed by atoms with Crippen LogP contribution in [0.2, 0.25) is 5.02 Å². The van der Waals surface area contributed by atoms with Gasteiger partial charge in [-0.3, -0.25) is 4.79 Å². The molecule has 2 rings (SSSR count). The summed E-state index contributed by atoms with van der Waals surface area (Å²) in [4.78, 5) is 11.7. The first-order valence-corrected chi connectivity index (χ1v) is 6.68. The number of nitrogens with one attached hydrogen (secondary N) is 1. The SMILES string of the molecule is O=C(COc1cccc(F)c1)Nc1cc(C(F)(F)F)ccc1Cl. The largest absolute Gasteiger partial charge is 0.484 e. The predicted octanol–water partition coefficient (Wildman–Crippen LogP) is 4.52. The maximum absolute atomic E-state index is 12.9. The molecule has 2 aromatic carbocycles. The fourth-order valence-electron chi connectivity index (χ4n) is 1.69. The third kappa shape index (κ3) is 4.85. The summed E-state index contributed by atoms with van der Waals surface area (Å²) in [5.74, 6) is -1.14. The van der Waals surface area contributed by atoms with Crippen molar-refractivity contribution in [3.05, 3.63) is 58.9 Å². The maximum Gasteiger partial charge on any atom is 0.416 e. The Balaban J connectivity index is 2.02. The lowest BCUT2D eigenvalue weighted by atomic mass is 10.2. The second-order valence-electron chi connectivity index (χ2n) is 4.49. The highest BCUT2D eigenvalue weighted by molar-refractivity contribution is 6.33. The highest BCUT2D eigenvalue weighted by atomic mass is 35.5. The molecule has 0 saturated carbocycles. The molecule has 0 bridgehead atoms. The highest BCUT2D eigenvalue weighted by Gasteiger charge is 2.31. The van der Waals surface area contributed by atoms with Crippen molar-refractivity contribution in [2.45, 2.75) is 6.18 Å². The van der Waals surface area contributed by atoms with E-state index < -0.39 is 30.1 Å². The third-order valence-electron chi connectivity index (χ3n) is 2.73. The van der Waals surface area contributed by atoms with Crippen LogP contribution in [0.4, 0.5) is 23.2 Å². The number of hydrogen-bond acceptors (Lipinski definition) is 2. The summed E-state index contributed by atoms with van der Waals surface area (Å²) in [7, 11) is 0. The van der Waals surface area contributed by atoms with Crippen molar-refractivity contribution in [1.29, 1.82) is 0 Å². The first kappa shape index (κ1) is 17.1. The van der Waals surface area contributed by atoms with Crippen LogP contribution in [0, 0.1) is 5.82 Å². The number of rotatable bonds is 4. The molecular formula is C15H10ClF4NO2. The summed E-state index contributed by atoms with van der Waals surface area (Å²) >= 11 is 5.76. The van der Waals surface area contributed by atoms with Gasteiger partial charge in [0.2, 0.25) is 0 Å². The predicted molar refractivity (Wildman–Crippen MR) is 77.0 cm³/mol. The molecule has 0 heterocycles. The van der Waals surface area contributed by atoms with Gasteiger partial charge in [-0.25, -0.2) is 4.39 Å². The zero-order valence-electron chi connectivity index (χ0n) is 11.5. The number of hydrogen-bond donors (Lipinski definition) is 1. The first-order valence-electron chi connectivity index (χ1n) is 6.30. The Labute approximate surface area is 133 Å². The van der Waals surface area contributed by atoms with Crippen molar-refractivity contribution >= 4 is 23.2 Å². The summed E-state index contributed by atoms with van der Waals surface area (Å²) in [5, 5.41) is 2.17. The Hall–Kier alpha value is -2.28. The minimum atomic E-state index is -4.55. The molecular weight excluding hydrogens is 338 g/mol. The van der Waals surface area contributed by atoms with Crippen LogP contribution in [-0.4, -0.2) is 12.5 Å². The molecule has 122 valence electrons. The van der Waals surface area contributed by atoms with Crippen LogP contribution in [0.5, 0.6) is 5.75 Å². The molecule has 0 spiro atoms. The summed E-state index contributed by atoms with van der Waals surface area (Å²) in [6.07, 6.45) is -4.55. The normalized spacial score (nSPS) is 11.2. The van der Waals surface area contributed by atoms with E-state index in [4.69, 9.17) is 16.3 Å². The van der Waals surface area contributed by atoms with Gasteiger partial charge in [-0.1, -0.05) is 17.7 Å². The average Bonchev–Trinajstić information content (AvgIpc) is 2.46. The lowest BCUT2D eigenvalue weighted by Gasteiger charge is -2.12. The van der Waals surface area contributed by atoms with Gasteiger partial charge in [0.15, 0.2) is 6.61 Å². The van der Waals surface area contributed by atoms with E-state index in [0.29, 0.717) is 0 Å². The number of carbonyl (C=O) groups excluding carboxylic acids is 1. The molecule has 8 heteroatoms. The van der Waals surface area contributed by atoms with E-state index in [1.54, 1.807) is 0 Å².